The average molecular weight is 342 g/mol. The number of carbonyl (C=O) groups is 2. The zero-order chi connectivity index (χ0) is 17.4. The summed E-state index contributed by atoms with van der Waals surface area (Å²) in [5.41, 5.74) is -0.0666. The topological polar surface area (TPSA) is 65.1 Å². The molecule has 1 unspecified atom stereocenters. The molecule has 0 N–H and O–H groups in total. The Labute approximate surface area is 140 Å². The summed E-state index contributed by atoms with van der Waals surface area (Å²) in [5.74, 6) is -0.312. The largest absolute Gasteiger partial charge is 0.486 e. The van der Waals surface area contributed by atoms with Crippen molar-refractivity contribution in [2.24, 2.45) is 0 Å². The Kier molecular flexibility index (Phi) is 4.75. The standard InChI is InChI=1S/C16H20ClNO5/c1-9-8-18(15(20)23-16(2,3)4)12-7-10(17)6-11(13(12)22-9)14(19)21-5/h6-7,9H,8H2,1-5H3. The lowest BCUT2D eigenvalue weighted by molar-refractivity contribution is 0.0537. The minimum Gasteiger partial charge on any atom is -0.486 e. The van der Waals surface area contributed by atoms with Crippen LogP contribution >= 0.6 is 11.6 Å². The smallest absolute Gasteiger partial charge is 0.415 e. The van der Waals surface area contributed by atoms with Crippen LogP contribution in [0.1, 0.15) is 38.1 Å². The van der Waals surface area contributed by atoms with Crippen LogP contribution in [0, 0.1) is 0 Å². The molecule has 7 heteroatoms. The monoisotopic (exact) mass is 341 g/mol. The number of esters is 1. The molecule has 1 aliphatic heterocycles. The van der Waals surface area contributed by atoms with Gasteiger partial charge in [-0.3, -0.25) is 4.90 Å². The summed E-state index contributed by atoms with van der Waals surface area (Å²) in [7, 11) is 1.27. The van der Waals surface area contributed by atoms with Crippen molar-refractivity contribution in [2.45, 2.75) is 39.4 Å². The number of halogens is 1. The van der Waals surface area contributed by atoms with Gasteiger partial charge in [0.15, 0.2) is 5.75 Å². The number of ether oxygens (including phenoxy) is 3. The molecule has 1 aliphatic rings. The summed E-state index contributed by atoms with van der Waals surface area (Å²) < 4.78 is 15.9. The van der Waals surface area contributed by atoms with Crippen molar-refractivity contribution in [2.75, 3.05) is 18.6 Å². The van der Waals surface area contributed by atoms with E-state index in [1.54, 1.807) is 33.8 Å². The van der Waals surface area contributed by atoms with Crippen LogP contribution in [0.3, 0.4) is 0 Å². The van der Waals surface area contributed by atoms with E-state index >= 15 is 0 Å². The van der Waals surface area contributed by atoms with E-state index in [2.05, 4.69) is 0 Å². The third kappa shape index (κ3) is 3.88. The minimum absolute atomic E-state index is 0.176. The molecule has 0 aromatic heterocycles. The number of benzene rings is 1. The van der Waals surface area contributed by atoms with Crippen molar-refractivity contribution in [3.63, 3.8) is 0 Å². The van der Waals surface area contributed by atoms with E-state index in [0.29, 0.717) is 17.3 Å². The average Bonchev–Trinajstić information content (AvgIpc) is 2.43. The van der Waals surface area contributed by atoms with Gasteiger partial charge in [-0.15, -0.1) is 0 Å². The van der Waals surface area contributed by atoms with E-state index in [0.717, 1.165) is 0 Å². The van der Waals surface area contributed by atoms with Gasteiger partial charge in [0.2, 0.25) is 0 Å². The highest BCUT2D eigenvalue weighted by Crippen LogP contribution is 2.40. The van der Waals surface area contributed by atoms with Crippen molar-refractivity contribution in [3.05, 3.63) is 22.7 Å². The van der Waals surface area contributed by atoms with Crippen LogP contribution in [0.25, 0.3) is 0 Å². The van der Waals surface area contributed by atoms with Crippen LogP contribution in [0.2, 0.25) is 5.02 Å². The van der Waals surface area contributed by atoms with E-state index < -0.39 is 17.7 Å². The summed E-state index contributed by atoms with van der Waals surface area (Å²) in [6.45, 7) is 7.45. The van der Waals surface area contributed by atoms with E-state index in [1.807, 2.05) is 0 Å². The van der Waals surface area contributed by atoms with Gasteiger partial charge >= 0.3 is 12.1 Å². The molecule has 0 fully saturated rings. The molecular formula is C16H20ClNO5. The van der Waals surface area contributed by atoms with Crippen LogP contribution in [-0.2, 0) is 9.47 Å². The molecular weight excluding hydrogens is 322 g/mol. The van der Waals surface area contributed by atoms with E-state index in [9.17, 15) is 9.59 Å². The molecule has 0 radical (unpaired) electrons. The second-order valence-electron chi connectivity index (χ2n) is 6.31. The van der Waals surface area contributed by atoms with Crippen molar-refractivity contribution in [3.8, 4) is 5.75 Å². The highest BCUT2D eigenvalue weighted by molar-refractivity contribution is 6.31. The lowest BCUT2D eigenvalue weighted by Crippen LogP contribution is -2.45. The predicted octanol–water partition coefficient (Wildman–Crippen LogP) is 3.65. The molecule has 23 heavy (non-hydrogen) atoms. The molecule has 2 rings (SSSR count). The van der Waals surface area contributed by atoms with Crippen molar-refractivity contribution in [1.82, 2.24) is 0 Å². The highest BCUT2D eigenvalue weighted by atomic mass is 35.5. The SMILES string of the molecule is COC(=O)c1cc(Cl)cc2c1OC(C)CN2C(=O)OC(C)(C)C. The molecule has 1 aromatic carbocycles. The molecule has 0 aliphatic carbocycles. The first-order chi connectivity index (χ1) is 10.6. The maximum atomic E-state index is 12.5. The lowest BCUT2D eigenvalue weighted by Gasteiger charge is -2.35. The fraction of sp³-hybridized carbons (Fsp3) is 0.500. The summed E-state index contributed by atoms with van der Waals surface area (Å²) in [4.78, 5) is 25.9. The Balaban J connectivity index is 2.50. The number of anilines is 1. The number of hydrogen-bond acceptors (Lipinski definition) is 5. The van der Waals surface area contributed by atoms with Crippen LogP contribution in [0.4, 0.5) is 10.5 Å². The fourth-order valence-electron chi connectivity index (χ4n) is 2.25. The first-order valence-corrected chi connectivity index (χ1v) is 7.59. The second-order valence-corrected chi connectivity index (χ2v) is 6.75. The van der Waals surface area contributed by atoms with Gasteiger partial charge in [0.05, 0.1) is 19.3 Å². The Hall–Kier alpha value is -1.95. The molecule has 6 nitrogen and oxygen atoms in total. The van der Waals surface area contributed by atoms with Gasteiger partial charge in [-0.2, -0.15) is 0 Å². The van der Waals surface area contributed by atoms with Crippen LogP contribution in [0.15, 0.2) is 12.1 Å². The van der Waals surface area contributed by atoms with Gasteiger partial charge in [-0.1, -0.05) is 11.6 Å². The van der Waals surface area contributed by atoms with Gasteiger partial charge in [0.25, 0.3) is 0 Å². The van der Waals surface area contributed by atoms with Crippen LogP contribution in [0.5, 0.6) is 5.75 Å². The minimum atomic E-state index is -0.636. The zero-order valence-corrected chi connectivity index (χ0v) is 14.6. The maximum absolute atomic E-state index is 12.5. The quantitative estimate of drug-likeness (QED) is 0.729. The van der Waals surface area contributed by atoms with Crippen molar-refractivity contribution >= 4 is 29.4 Å². The number of nitrogens with zero attached hydrogens (tertiary/aromatic N) is 1. The molecule has 126 valence electrons. The molecule has 0 saturated heterocycles. The number of fused-ring (bicyclic) bond motifs is 1. The first kappa shape index (κ1) is 17.4. The Morgan fingerprint density at radius 2 is 2.00 bits per heavy atom. The second kappa shape index (κ2) is 6.28. The number of hydrogen-bond donors (Lipinski definition) is 0. The Bertz CT molecular complexity index is 638. The van der Waals surface area contributed by atoms with Crippen LogP contribution in [-0.4, -0.2) is 37.4 Å². The molecule has 1 amide bonds. The molecule has 1 atom stereocenters. The number of rotatable bonds is 1. The number of methoxy groups -OCH3 is 1. The lowest BCUT2D eigenvalue weighted by atomic mass is 10.1. The van der Waals surface area contributed by atoms with Crippen molar-refractivity contribution < 1.29 is 23.8 Å². The highest BCUT2D eigenvalue weighted by Gasteiger charge is 2.34. The predicted molar refractivity (Wildman–Crippen MR) is 86.5 cm³/mol. The normalized spacial score (nSPS) is 17.1. The van der Waals surface area contributed by atoms with Gasteiger partial charge in [0, 0.05) is 5.02 Å². The first-order valence-electron chi connectivity index (χ1n) is 7.21. The van der Waals surface area contributed by atoms with Gasteiger partial charge in [-0.05, 0) is 39.8 Å². The van der Waals surface area contributed by atoms with Gasteiger partial charge in [-0.25, -0.2) is 9.59 Å². The molecule has 1 heterocycles. The van der Waals surface area contributed by atoms with E-state index in [1.165, 1.54) is 18.1 Å². The van der Waals surface area contributed by atoms with E-state index in [-0.39, 0.29) is 17.4 Å². The van der Waals surface area contributed by atoms with Gasteiger partial charge < -0.3 is 14.2 Å². The molecule has 0 spiro atoms. The van der Waals surface area contributed by atoms with Crippen LogP contribution < -0.4 is 9.64 Å². The maximum Gasteiger partial charge on any atom is 0.415 e. The number of amides is 1. The molecule has 0 bridgehead atoms. The third-order valence-electron chi connectivity index (χ3n) is 3.10. The Morgan fingerprint density at radius 1 is 1.35 bits per heavy atom. The number of carbonyl (C=O) groups excluding carboxylic acids is 2. The van der Waals surface area contributed by atoms with Gasteiger partial charge in [0.1, 0.15) is 17.3 Å². The summed E-state index contributed by atoms with van der Waals surface area (Å²) in [5, 5.41) is 0.302. The zero-order valence-electron chi connectivity index (χ0n) is 13.8. The van der Waals surface area contributed by atoms with E-state index in [4.69, 9.17) is 25.8 Å². The summed E-state index contributed by atoms with van der Waals surface area (Å²) >= 11 is 6.08. The Morgan fingerprint density at radius 3 is 2.57 bits per heavy atom. The fourth-order valence-corrected chi connectivity index (χ4v) is 2.46. The van der Waals surface area contributed by atoms with Crippen molar-refractivity contribution in [1.29, 1.82) is 0 Å². The molecule has 1 aromatic rings. The summed E-state index contributed by atoms with van der Waals surface area (Å²) in [6, 6.07) is 3.02. The molecule has 0 saturated carbocycles. The summed E-state index contributed by atoms with van der Waals surface area (Å²) in [6.07, 6.45) is -0.827. The third-order valence-corrected chi connectivity index (χ3v) is 3.32.